The Bertz CT molecular complexity index is 573. The smallest absolute Gasteiger partial charge is 0.309 e. The summed E-state index contributed by atoms with van der Waals surface area (Å²) in [6.45, 7) is 0. The van der Waals surface area contributed by atoms with Gasteiger partial charge in [0.15, 0.2) is 0 Å². The van der Waals surface area contributed by atoms with Crippen molar-refractivity contribution in [1.29, 1.82) is 0 Å². The van der Waals surface area contributed by atoms with E-state index in [-0.39, 0.29) is 18.2 Å². The minimum atomic E-state index is -0.374. The number of benzene rings is 2. The van der Waals surface area contributed by atoms with Gasteiger partial charge in [-0.1, -0.05) is 35.9 Å². The Morgan fingerprint density at radius 2 is 1.84 bits per heavy atom. The predicted molar refractivity (Wildman–Crippen MR) is 72.6 cm³/mol. The highest BCUT2D eigenvalue weighted by molar-refractivity contribution is 6.30. The van der Waals surface area contributed by atoms with Crippen molar-refractivity contribution in [1.82, 2.24) is 0 Å². The fraction of sp³-hybridized carbons (Fsp3) is 0.133. The van der Waals surface area contributed by atoms with E-state index in [1.165, 1.54) is 19.2 Å². The second-order valence-corrected chi connectivity index (χ2v) is 4.54. The second-order valence-electron chi connectivity index (χ2n) is 4.11. The molecule has 0 saturated heterocycles. The number of methoxy groups -OCH3 is 1. The van der Waals surface area contributed by atoms with Gasteiger partial charge in [-0.2, -0.15) is 0 Å². The van der Waals surface area contributed by atoms with E-state index >= 15 is 0 Å². The highest BCUT2D eigenvalue weighted by atomic mass is 35.5. The number of hydrogen-bond donors (Lipinski definition) is 0. The number of carbonyl (C=O) groups is 1. The second kappa shape index (κ2) is 5.85. The third kappa shape index (κ3) is 3.55. The fourth-order valence-corrected chi connectivity index (χ4v) is 2.00. The lowest BCUT2D eigenvalue weighted by Crippen LogP contribution is -2.04. The molecule has 0 atom stereocenters. The van der Waals surface area contributed by atoms with Crippen LogP contribution in [0, 0.1) is 5.82 Å². The van der Waals surface area contributed by atoms with E-state index in [4.69, 9.17) is 11.6 Å². The predicted octanol–water partition coefficient (Wildman–Crippen LogP) is 3.86. The molecule has 0 fully saturated rings. The van der Waals surface area contributed by atoms with Crippen molar-refractivity contribution in [2.45, 2.75) is 6.42 Å². The summed E-state index contributed by atoms with van der Waals surface area (Å²) in [7, 11) is 1.35. The van der Waals surface area contributed by atoms with Crippen LogP contribution in [0.3, 0.4) is 0 Å². The van der Waals surface area contributed by atoms with E-state index < -0.39 is 0 Å². The van der Waals surface area contributed by atoms with Crippen LogP contribution in [0.25, 0.3) is 11.1 Å². The van der Waals surface area contributed by atoms with Crippen molar-refractivity contribution in [2.24, 2.45) is 0 Å². The van der Waals surface area contributed by atoms with Crippen LogP contribution in [-0.4, -0.2) is 13.1 Å². The molecule has 0 unspecified atom stereocenters. The van der Waals surface area contributed by atoms with Crippen LogP contribution in [0.1, 0.15) is 5.56 Å². The lowest BCUT2D eigenvalue weighted by molar-refractivity contribution is -0.139. The molecular weight excluding hydrogens is 267 g/mol. The van der Waals surface area contributed by atoms with E-state index in [9.17, 15) is 9.18 Å². The zero-order chi connectivity index (χ0) is 13.8. The minimum Gasteiger partial charge on any atom is -0.469 e. The summed E-state index contributed by atoms with van der Waals surface area (Å²) < 4.78 is 17.9. The van der Waals surface area contributed by atoms with Gasteiger partial charge in [0.25, 0.3) is 0 Å². The third-order valence-electron chi connectivity index (χ3n) is 2.73. The summed E-state index contributed by atoms with van der Waals surface area (Å²) in [5, 5.41) is 0.355. The van der Waals surface area contributed by atoms with Crippen molar-refractivity contribution in [3.05, 3.63) is 58.9 Å². The van der Waals surface area contributed by atoms with E-state index in [1.807, 2.05) is 24.3 Å². The first-order valence-electron chi connectivity index (χ1n) is 5.70. The van der Waals surface area contributed by atoms with Crippen LogP contribution in [0.4, 0.5) is 4.39 Å². The van der Waals surface area contributed by atoms with Crippen LogP contribution in [0.2, 0.25) is 5.02 Å². The fourth-order valence-electron chi connectivity index (χ4n) is 1.77. The molecule has 2 aromatic carbocycles. The van der Waals surface area contributed by atoms with Gasteiger partial charge in [-0.25, -0.2) is 4.39 Å². The number of ether oxygens (including phenoxy) is 1. The van der Waals surface area contributed by atoms with Gasteiger partial charge >= 0.3 is 5.97 Å². The average Bonchev–Trinajstić information content (AvgIpc) is 2.38. The normalized spacial score (nSPS) is 10.3. The molecule has 4 heteroatoms. The molecule has 0 saturated carbocycles. The first-order valence-corrected chi connectivity index (χ1v) is 6.08. The van der Waals surface area contributed by atoms with Crippen molar-refractivity contribution in [3.8, 4) is 11.1 Å². The summed E-state index contributed by atoms with van der Waals surface area (Å²) in [4.78, 5) is 11.1. The standard InChI is InChI=1S/C15H12ClFO2/c1-19-15(18)6-10-2-4-11(5-3-10)12-7-13(16)9-14(17)8-12/h2-5,7-9H,6H2,1H3. The van der Waals surface area contributed by atoms with Crippen LogP contribution < -0.4 is 0 Å². The number of halogens is 2. The molecule has 0 aliphatic heterocycles. The summed E-state index contributed by atoms with van der Waals surface area (Å²) >= 11 is 5.82. The Labute approximate surface area is 115 Å². The van der Waals surface area contributed by atoms with Crippen molar-refractivity contribution < 1.29 is 13.9 Å². The van der Waals surface area contributed by atoms with Crippen molar-refractivity contribution in [3.63, 3.8) is 0 Å². The van der Waals surface area contributed by atoms with E-state index in [0.29, 0.717) is 10.6 Å². The number of hydrogen-bond acceptors (Lipinski definition) is 2. The van der Waals surface area contributed by atoms with E-state index in [1.54, 1.807) is 6.07 Å². The Morgan fingerprint density at radius 3 is 2.42 bits per heavy atom. The highest BCUT2D eigenvalue weighted by Crippen LogP contribution is 2.24. The monoisotopic (exact) mass is 278 g/mol. The summed E-state index contributed by atoms with van der Waals surface area (Å²) in [6, 6.07) is 11.6. The largest absolute Gasteiger partial charge is 0.469 e. The lowest BCUT2D eigenvalue weighted by atomic mass is 10.0. The molecule has 19 heavy (non-hydrogen) atoms. The average molecular weight is 279 g/mol. The first kappa shape index (κ1) is 13.6. The maximum Gasteiger partial charge on any atom is 0.309 e. The van der Waals surface area contributed by atoms with Gasteiger partial charge < -0.3 is 4.74 Å². The number of esters is 1. The molecule has 0 spiro atoms. The maximum absolute atomic E-state index is 13.3. The molecule has 98 valence electrons. The zero-order valence-electron chi connectivity index (χ0n) is 10.3. The highest BCUT2D eigenvalue weighted by Gasteiger charge is 2.05. The zero-order valence-corrected chi connectivity index (χ0v) is 11.1. The molecule has 0 N–H and O–H groups in total. The van der Waals surface area contributed by atoms with E-state index in [0.717, 1.165) is 11.1 Å². The molecule has 2 aromatic rings. The van der Waals surface area contributed by atoms with Gasteiger partial charge in [-0.3, -0.25) is 4.79 Å². The Balaban J connectivity index is 2.24. The Kier molecular flexibility index (Phi) is 4.17. The topological polar surface area (TPSA) is 26.3 Å². The lowest BCUT2D eigenvalue weighted by Gasteiger charge is -2.05. The van der Waals surface area contributed by atoms with Gasteiger partial charge in [-0.15, -0.1) is 0 Å². The minimum absolute atomic E-state index is 0.223. The molecular formula is C15H12ClFO2. The van der Waals surface area contributed by atoms with Crippen LogP contribution in [0.5, 0.6) is 0 Å². The summed E-state index contributed by atoms with van der Waals surface area (Å²) in [5.41, 5.74) is 2.39. The van der Waals surface area contributed by atoms with Gasteiger partial charge in [0.05, 0.1) is 13.5 Å². The first-order chi connectivity index (χ1) is 9.08. The quantitative estimate of drug-likeness (QED) is 0.797. The van der Waals surface area contributed by atoms with Gasteiger partial charge in [0.2, 0.25) is 0 Å². The number of carbonyl (C=O) groups excluding carboxylic acids is 1. The molecule has 0 aromatic heterocycles. The molecule has 0 bridgehead atoms. The van der Waals surface area contributed by atoms with Gasteiger partial charge in [0, 0.05) is 5.02 Å². The SMILES string of the molecule is COC(=O)Cc1ccc(-c2cc(F)cc(Cl)c2)cc1. The Morgan fingerprint density at radius 1 is 1.16 bits per heavy atom. The van der Waals surface area contributed by atoms with Crippen molar-refractivity contribution in [2.75, 3.05) is 7.11 Å². The molecule has 0 aliphatic carbocycles. The molecule has 0 amide bonds. The van der Waals surface area contributed by atoms with Gasteiger partial charge in [0.1, 0.15) is 5.82 Å². The number of rotatable bonds is 3. The van der Waals surface area contributed by atoms with Crippen LogP contribution in [-0.2, 0) is 16.0 Å². The maximum atomic E-state index is 13.3. The molecule has 0 heterocycles. The molecule has 2 nitrogen and oxygen atoms in total. The van der Waals surface area contributed by atoms with Crippen LogP contribution in [0.15, 0.2) is 42.5 Å². The van der Waals surface area contributed by atoms with Crippen molar-refractivity contribution >= 4 is 17.6 Å². The van der Waals surface area contributed by atoms with E-state index in [2.05, 4.69) is 4.74 Å². The van der Waals surface area contributed by atoms with Gasteiger partial charge in [-0.05, 0) is 34.9 Å². The molecule has 0 aliphatic rings. The summed E-state index contributed by atoms with van der Waals surface area (Å²) in [6.07, 6.45) is 0.223. The molecule has 0 radical (unpaired) electrons. The summed E-state index contributed by atoms with van der Waals surface area (Å²) in [5.74, 6) is -0.664. The third-order valence-corrected chi connectivity index (χ3v) is 2.94. The Hall–Kier alpha value is -1.87. The molecule has 2 rings (SSSR count). The van der Waals surface area contributed by atoms with Crippen LogP contribution >= 0.6 is 11.6 Å².